The third-order valence-electron chi connectivity index (χ3n) is 6.81. The van der Waals surface area contributed by atoms with Crippen LogP contribution < -0.4 is 4.90 Å². The highest BCUT2D eigenvalue weighted by atomic mass is 35.5. The van der Waals surface area contributed by atoms with Gasteiger partial charge in [-0.15, -0.1) is 0 Å². The lowest BCUT2D eigenvalue weighted by molar-refractivity contribution is -0.137. The number of amides is 1. The van der Waals surface area contributed by atoms with Crippen LogP contribution in [0.15, 0.2) is 78.9 Å². The number of piperazine rings is 1. The fourth-order valence-corrected chi connectivity index (χ4v) is 4.92. The normalized spacial score (nSPS) is 14.2. The first-order chi connectivity index (χ1) is 18.1. The molecule has 1 aromatic heterocycles. The molecular weight excluding hydrogens is 518 g/mol. The molecule has 3 aromatic carbocycles. The van der Waals surface area contributed by atoms with Gasteiger partial charge in [-0.25, -0.2) is 4.39 Å². The highest BCUT2D eigenvalue weighted by Gasteiger charge is 2.32. The summed E-state index contributed by atoms with van der Waals surface area (Å²) in [6.07, 6.45) is -4.41. The summed E-state index contributed by atoms with van der Waals surface area (Å²) >= 11 is 6.08. The van der Waals surface area contributed by atoms with E-state index in [0.717, 1.165) is 23.4 Å². The fourth-order valence-electron chi connectivity index (χ4n) is 4.80. The molecule has 0 saturated carbocycles. The predicted molar refractivity (Wildman–Crippen MR) is 140 cm³/mol. The first-order valence-electron chi connectivity index (χ1n) is 12.1. The van der Waals surface area contributed by atoms with Gasteiger partial charge in [0.05, 0.1) is 16.8 Å². The molecule has 1 aliphatic rings. The van der Waals surface area contributed by atoms with Crippen LogP contribution in [0.25, 0.3) is 16.9 Å². The fraction of sp³-hybridized carbons (Fsp3) is 0.207. The number of rotatable bonds is 4. The Kier molecular flexibility index (Phi) is 6.92. The van der Waals surface area contributed by atoms with E-state index in [-0.39, 0.29) is 11.7 Å². The molecule has 4 nitrogen and oxygen atoms in total. The lowest BCUT2D eigenvalue weighted by atomic mass is 10.1. The number of anilines is 1. The summed E-state index contributed by atoms with van der Waals surface area (Å²) in [5.74, 6) is -0.524. The summed E-state index contributed by atoms with van der Waals surface area (Å²) in [7, 11) is 0. The van der Waals surface area contributed by atoms with E-state index >= 15 is 0 Å². The minimum atomic E-state index is -4.41. The maximum Gasteiger partial charge on any atom is 0.416 e. The first-order valence-corrected chi connectivity index (χ1v) is 12.5. The highest BCUT2D eigenvalue weighted by Crippen LogP contribution is 2.33. The quantitative estimate of drug-likeness (QED) is 0.255. The third kappa shape index (κ3) is 5.13. The summed E-state index contributed by atoms with van der Waals surface area (Å²) in [6.45, 7) is 3.40. The van der Waals surface area contributed by atoms with E-state index in [0.29, 0.717) is 53.8 Å². The Bertz CT molecular complexity index is 1450. The molecule has 0 spiro atoms. The van der Waals surface area contributed by atoms with E-state index < -0.39 is 11.7 Å². The van der Waals surface area contributed by atoms with Gasteiger partial charge in [0.15, 0.2) is 0 Å². The molecule has 0 atom stereocenters. The molecule has 1 amide bonds. The third-order valence-corrected chi connectivity index (χ3v) is 7.06. The maximum absolute atomic E-state index is 13.6. The van der Waals surface area contributed by atoms with Crippen molar-refractivity contribution in [2.24, 2.45) is 0 Å². The average molecular weight is 542 g/mol. The number of hydrogen-bond donors (Lipinski definition) is 0. The SMILES string of the molecule is Cc1c(C(=O)N2CCN(c3cccc(C(F)(F)F)c3)CC2)cc(-c2ccc(Cl)cc2)n1-c1ccc(F)cc1. The summed E-state index contributed by atoms with van der Waals surface area (Å²) in [6, 6.07) is 20.4. The minimum Gasteiger partial charge on any atom is -0.368 e. The minimum absolute atomic E-state index is 0.165. The van der Waals surface area contributed by atoms with Crippen LogP contribution >= 0.6 is 11.6 Å². The van der Waals surface area contributed by atoms with Gasteiger partial charge in [0.2, 0.25) is 0 Å². The molecule has 2 heterocycles. The van der Waals surface area contributed by atoms with Crippen molar-refractivity contribution in [2.45, 2.75) is 13.1 Å². The summed E-state index contributed by atoms with van der Waals surface area (Å²) < 4.78 is 55.0. The Morgan fingerprint density at radius 3 is 2.13 bits per heavy atom. The monoisotopic (exact) mass is 541 g/mol. The molecule has 1 fully saturated rings. The van der Waals surface area contributed by atoms with E-state index in [1.54, 1.807) is 35.2 Å². The van der Waals surface area contributed by atoms with Crippen molar-refractivity contribution < 1.29 is 22.4 Å². The number of halogens is 5. The van der Waals surface area contributed by atoms with Gasteiger partial charge in [0.1, 0.15) is 5.82 Å². The Morgan fingerprint density at radius 2 is 1.50 bits per heavy atom. The van der Waals surface area contributed by atoms with Crippen LogP contribution in [-0.4, -0.2) is 41.6 Å². The van der Waals surface area contributed by atoms with Crippen LogP contribution in [0.3, 0.4) is 0 Å². The summed E-state index contributed by atoms with van der Waals surface area (Å²) in [5.41, 5.74) is 3.31. The average Bonchev–Trinajstić information content (AvgIpc) is 3.25. The lowest BCUT2D eigenvalue weighted by Crippen LogP contribution is -2.49. The molecule has 4 aromatic rings. The largest absolute Gasteiger partial charge is 0.416 e. The molecule has 0 aliphatic carbocycles. The van der Waals surface area contributed by atoms with Crippen molar-refractivity contribution in [3.05, 3.63) is 107 Å². The van der Waals surface area contributed by atoms with Crippen LogP contribution in [0.5, 0.6) is 0 Å². The molecule has 1 saturated heterocycles. The van der Waals surface area contributed by atoms with Crippen molar-refractivity contribution in [2.75, 3.05) is 31.1 Å². The van der Waals surface area contributed by atoms with Crippen LogP contribution in [0.2, 0.25) is 5.02 Å². The number of carbonyl (C=O) groups is 1. The van der Waals surface area contributed by atoms with Gasteiger partial charge in [-0.3, -0.25) is 4.79 Å². The Labute approximate surface area is 222 Å². The van der Waals surface area contributed by atoms with Crippen molar-refractivity contribution in [3.8, 4) is 16.9 Å². The van der Waals surface area contributed by atoms with E-state index in [4.69, 9.17) is 11.6 Å². The zero-order chi connectivity index (χ0) is 27.0. The molecule has 1 aliphatic heterocycles. The molecule has 0 radical (unpaired) electrons. The number of benzene rings is 3. The van der Waals surface area contributed by atoms with Gasteiger partial charge in [-0.1, -0.05) is 29.8 Å². The molecule has 0 unspecified atom stereocenters. The molecule has 5 rings (SSSR count). The zero-order valence-corrected chi connectivity index (χ0v) is 21.2. The zero-order valence-electron chi connectivity index (χ0n) is 20.5. The Hall–Kier alpha value is -3.78. The van der Waals surface area contributed by atoms with Gasteiger partial charge in [-0.05, 0) is 73.2 Å². The van der Waals surface area contributed by atoms with Crippen molar-refractivity contribution >= 4 is 23.2 Å². The second-order valence-corrected chi connectivity index (χ2v) is 9.61. The highest BCUT2D eigenvalue weighted by molar-refractivity contribution is 6.30. The van der Waals surface area contributed by atoms with Crippen LogP contribution in [-0.2, 0) is 6.18 Å². The number of nitrogens with zero attached hydrogens (tertiary/aromatic N) is 3. The Balaban J connectivity index is 1.42. The summed E-state index contributed by atoms with van der Waals surface area (Å²) in [5, 5.41) is 0.584. The molecule has 0 bridgehead atoms. The van der Waals surface area contributed by atoms with Gasteiger partial charge in [0.25, 0.3) is 5.91 Å². The van der Waals surface area contributed by atoms with E-state index in [2.05, 4.69) is 0 Å². The number of alkyl halides is 3. The van der Waals surface area contributed by atoms with E-state index in [1.807, 2.05) is 34.6 Å². The molecular formula is C29H24ClF4N3O. The Morgan fingerprint density at radius 1 is 0.842 bits per heavy atom. The topological polar surface area (TPSA) is 28.5 Å². The van der Waals surface area contributed by atoms with Crippen LogP contribution in [0, 0.1) is 12.7 Å². The molecule has 0 N–H and O–H groups in total. The van der Waals surface area contributed by atoms with Crippen molar-refractivity contribution in [3.63, 3.8) is 0 Å². The van der Waals surface area contributed by atoms with E-state index in [1.165, 1.54) is 18.2 Å². The molecule has 38 heavy (non-hydrogen) atoms. The predicted octanol–water partition coefficient (Wildman–Crippen LogP) is 7.23. The van der Waals surface area contributed by atoms with E-state index in [9.17, 15) is 22.4 Å². The van der Waals surface area contributed by atoms with Crippen LogP contribution in [0.1, 0.15) is 21.6 Å². The summed E-state index contributed by atoms with van der Waals surface area (Å²) in [4.78, 5) is 17.2. The number of aromatic nitrogens is 1. The maximum atomic E-state index is 13.6. The van der Waals surface area contributed by atoms with Gasteiger partial charge >= 0.3 is 6.18 Å². The number of hydrogen-bond acceptors (Lipinski definition) is 2. The van der Waals surface area contributed by atoms with Crippen LogP contribution in [0.4, 0.5) is 23.2 Å². The standard InChI is InChI=1S/C29H24ClF4N3O/c1-19-26(18-27(20-5-7-22(30)8-6-20)37(19)24-11-9-23(31)10-12-24)28(38)36-15-13-35(14-16-36)25-4-2-3-21(17-25)29(32,33)34/h2-12,17-18H,13-16H2,1H3. The second kappa shape index (κ2) is 10.2. The van der Waals surface area contributed by atoms with Crippen molar-refractivity contribution in [1.82, 2.24) is 9.47 Å². The lowest BCUT2D eigenvalue weighted by Gasteiger charge is -2.36. The number of carbonyl (C=O) groups excluding carboxylic acids is 1. The second-order valence-electron chi connectivity index (χ2n) is 9.17. The smallest absolute Gasteiger partial charge is 0.368 e. The molecule has 9 heteroatoms. The van der Waals surface area contributed by atoms with Gasteiger partial charge in [-0.2, -0.15) is 13.2 Å². The van der Waals surface area contributed by atoms with Gasteiger partial charge < -0.3 is 14.4 Å². The molecule has 196 valence electrons. The van der Waals surface area contributed by atoms with Crippen molar-refractivity contribution in [1.29, 1.82) is 0 Å². The first kappa shape index (κ1) is 25.9. The van der Waals surface area contributed by atoms with Gasteiger partial charge in [0, 0.05) is 48.3 Å².